The molecule has 160 valence electrons. The molecule has 0 aliphatic carbocycles. The van der Waals surface area contributed by atoms with Crippen molar-refractivity contribution in [2.24, 2.45) is 0 Å². The molecule has 30 heavy (non-hydrogen) atoms. The van der Waals surface area contributed by atoms with Crippen LogP contribution in [0.15, 0.2) is 42.5 Å². The van der Waals surface area contributed by atoms with Crippen molar-refractivity contribution in [2.45, 2.75) is 13.3 Å². The van der Waals surface area contributed by atoms with Crippen LogP contribution in [-0.4, -0.2) is 44.0 Å². The third-order valence-electron chi connectivity index (χ3n) is 4.05. The average molecular weight is 451 g/mol. The Hall–Kier alpha value is -2.70. The second-order valence-corrected chi connectivity index (χ2v) is 7.25. The van der Waals surface area contributed by atoms with E-state index in [1.54, 1.807) is 43.5 Å². The van der Waals surface area contributed by atoms with E-state index in [9.17, 15) is 9.59 Å². The predicted octanol–water partition coefficient (Wildman–Crippen LogP) is 4.90. The molecule has 0 spiro atoms. The summed E-state index contributed by atoms with van der Waals surface area (Å²) < 4.78 is 11.0. The maximum absolute atomic E-state index is 12.4. The molecule has 0 aromatic heterocycles. The van der Waals surface area contributed by atoms with Crippen molar-refractivity contribution in [3.05, 3.63) is 58.1 Å². The molecule has 0 atom stereocenters. The number of nitrogens with zero attached hydrogens (tertiary/aromatic N) is 1. The zero-order chi connectivity index (χ0) is 22.1. The summed E-state index contributed by atoms with van der Waals surface area (Å²) in [6, 6.07) is 10.3. The molecule has 0 saturated carbocycles. The predicted molar refractivity (Wildman–Crippen MR) is 121 cm³/mol. The van der Waals surface area contributed by atoms with Crippen LogP contribution >= 0.6 is 23.2 Å². The Morgan fingerprint density at radius 1 is 1.13 bits per heavy atom. The topological polar surface area (TPSA) is 67.9 Å². The lowest BCUT2D eigenvalue weighted by Crippen LogP contribution is -2.34. The van der Waals surface area contributed by atoms with Crippen LogP contribution in [-0.2, 0) is 9.59 Å². The van der Waals surface area contributed by atoms with Gasteiger partial charge in [-0.3, -0.25) is 9.59 Å². The average Bonchev–Trinajstić information content (AvgIpc) is 2.73. The van der Waals surface area contributed by atoms with Gasteiger partial charge in [0.05, 0.1) is 36.0 Å². The summed E-state index contributed by atoms with van der Waals surface area (Å²) in [5, 5.41) is 3.27. The minimum absolute atomic E-state index is 0.155. The highest BCUT2D eigenvalue weighted by atomic mass is 35.5. The molecule has 0 aliphatic rings. The van der Waals surface area contributed by atoms with Crippen LogP contribution in [0.1, 0.15) is 18.9 Å². The third kappa shape index (κ3) is 6.68. The maximum atomic E-state index is 12.4. The quantitative estimate of drug-likeness (QED) is 0.551. The van der Waals surface area contributed by atoms with Gasteiger partial charge in [0.15, 0.2) is 11.5 Å². The molecule has 2 amide bonds. The van der Waals surface area contributed by atoms with Crippen LogP contribution in [0.3, 0.4) is 0 Å². The van der Waals surface area contributed by atoms with E-state index >= 15 is 0 Å². The normalized spacial score (nSPS) is 10.7. The van der Waals surface area contributed by atoms with Crippen molar-refractivity contribution < 1.29 is 19.1 Å². The molecule has 2 aromatic rings. The highest BCUT2D eigenvalue weighted by molar-refractivity contribution is 6.39. The summed E-state index contributed by atoms with van der Waals surface area (Å²) in [6.45, 7) is 2.46. The molecule has 2 aromatic carbocycles. The van der Waals surface area contributed by atoms with E-state index in [2.05, 4.69) is 5.32 Å². The van der Waals surface area contributed by atoms with Gasteiger partial charge in [-0.25, -0.2) is 0 Å². The van der Waals surface area contributed by atoms with Gasteiger partial charge in [-0.05, 0) is 42.3 Å². The molecule has 0 saturated heterocycles. The summed E-state index contributed by atoms with van der Waals surface area (Å²) in [5.74, 6) is 0.492. The molecule has 8 heteroatoms. The first kappa shape index (κ1) is 23.6. The second kappa shape index (κ2) is 11.5. The number of hydrogen-bond donors (Lipinski definition) is 1. The van der Waals surface area contributed by atoms with Crippen LogP contribution in [0.25, 0.3) is 6.08 Å². The minimum Gasteiger partial charge on any atom is -0.493 e. The van der Waals surface area contributed by atoms with Crippen LogP contribution in [0, 0.1) is 0 Å². The van der Waals surface area contributed by atoms with Gasteiger partial charge >= 0.3 is 0 Å². The first-order chi connectivity index (χ1) is 14.3. The number of benzene rings is 2. The number of amides is 2. The van der Waals surface area contributed by atoms with Crippen LogP contribution < -0.4 is 14.8 Å². The number of para-hydroxylation sites is 1. The Morgan fingerprint density at radius 2 is 1.83 bits per heavy atom. The van der Waals surface area contributed by atoms with Crippen LogP contribution in [0.5, 0.6) is 11.5 Å². The summed E-state index contributed by atoms with van der Waals surface area (Å²) in [4.78, 5) is 25.9. The summed E-state index contributed by atoms with van der Waals surface area (Å²) in [7, 11) is 3.09. The number of anilines is 1. The number of halogens is 2. The van der Waals surface area contributed by atoms with Crippen molar-refractivity contribution >= 4 is 46.8 Å². The van der Waals surface area contributed by atoms with Gasteiger partial charge in [0.25, 0.3) is 0 Å². The van der Waals surface area contributed by atoms with E-state index in [4.69, 9.17) is 32.7 Å². The zero-order valence-electron chi connectivity index (χ0n) is 17.1. The number of likely N-dealkylation sites (N-methyl/N-ethyl adjacent to an activating group) is 1. The number of methoxy groups -OCH3 is 1. The standard InChI is InChI=1S/C22H24Cl2N2O4/c1-4-12-30-18-10-8-15(13-19(18)29-3)9-11-21(28)26(2)14-20(27)25-22-16(23)6-5-7-17(22)24/h5-11,13H,4,12,14H2,1-3H3,(H,25,27)/b11-9+. The Kier molecular flexibility index (Phi) is 9.02. The SMILES string of the molecule is CCCOc1ccc(/C=C/C(=O)N(C)CC(=O)Nc2c(Cl)cccc2Cl)cc1OC. The van der Waals surface area contributed by atoms with Crippen LogP contribution in [0.2, 0.25) is 10.0 Å². The van der Waals surface area contributed by atoms with Crippen molar-refractivity contribution in [2.75, 3.05) is 32.6 Å². The van der Waals surface area contributed by atoms with E-state index < -0.39 is 5.91 Å². The van der Waals surface area contributed by atoms with Gasteiger partial charge in [0.1, 0.15) is 0 Å². The molecular weight excluding hydrogens is 427 g/mol. The van der Waals surface area contributed by atoms with Gasteiger partial charge in [-0.1, -0.05) is 42.3 Å². The summed E-state index contributed by atoms with van der Waals surface area (Å²) >= 11 is 12.1. The molecule has 0 aliphatic heterocycles. The summed E-state index contributed by atoms with van der Waals surface area (Å²) in [6.07, 6.45) is 3.92. The number of hydrogen-bond acceptors (Lipinski definition) is 4. The number of rotatable bonds is 9. The monoisotopic (exact) mass is 450 g/mol. The van der Waals surface area contributed by atoms with Crippen molar-refractivity contribution in [3.63, 3.8) is 0 Å². The smallest absolute Gasteiger partial charge is 0.246 e. The molecule has 0 heterocycles. The number of ether oxygens (including phenoxy) is 2. The van der Waals surface area contributed by atoms with E-state index in [1.165, 1.54) is 18.0 Å². The number of carbonyl (C=O) groups excluding carboxylic acids is 2. The van der Waals surface area contributed by atoms with Gasteiger partial charge in [-0.2, -0.15) is 0 Å². The highest BCUT2D eigenvalue weighted by Crippen LogP contribution is 2.30. The molecular formula is C22H24Cl2N2O4. The lowest BCUT2D eigenvalue weighted by atomic mass is 10.2. The molecule has 0 bridgehead atoms. The Labute approximate surface area is 186 Å². The van der Waals surface area contributed by atoms with Crippen LogP contribution in [0.4, 0.5) is 5.69 Å². The number of carbonyl (C=O) groups is 2. The van der Waals surface area contributed by atoms with E-state index in [0.29, 0.717) is 33.8 Å². The largest absolute Gasteiger partial charge is 0.493 e. The van der Waals surface area contributed by atoms with Gasteiger partial charge in [0.2, 0.25) is 11.8 Å². The Morgan fingerprint density at radius 3 is 2.47 bits per heavy atom. The lowest BCUT2D eigenvalue weighted by molar-refractivity contribution is -0.129. The third-order valence-corrected chi connectivity index (χ3v) is 4.68. The molecule has 2 rings (SSSR count). The highest BCUT2D eigenvalue weighted by Gasteiger charge is 2.14. The number of nitrogens with one attached hydrogen (secondary N) is 1. The fraction of sp³-hybridized carbons (Fsp3) is 0.273. The zero-order valence-corrected chi connectivity index (χ0v) is 18.6. The lowest BCUT2D eigenvalue weighted by Gasteiger charge is -2.16. The van der Waals surface area contributed by atoms with E-state index in [1.807, 2.05) is 13.0 Å². The van der Waals surface area contributed by atoms with Crippen molar-refractivity contribution in [1.82, 2.24) is 4.90 Å². The molecule has 0 fully saturated rings. The maximum Gasteiger partial charge on any atom is 0.246 e. The van der Waals surface area contributed by atoms with E-state index in [0.717, 1.165) is 12.0 Å². The first-order valence-electron chi connectivity index (χ1n) is 9.33. The summed E-state index contributed by atoms with van der Waals surface area (Å²) in [5.41, 5.74) is 1.09. The van der Waals surface area contributed by atoms with Crippen molar-refractivity contribution in [3.8, 4) is 11.5 Å². The van der Waals surface area contributed by atoms with Gasteiger partial charge in [-0.15, -0.1) is 0 Å². The Bertz CT molecular complexity index is 911. The van der Waals surface area contributed by atoms with Gasteiger partial charge < -0.3 is 19.7 Å². The Balaban J connectivity index is 1.98. The molecule has 0 unspecified atom stereocenters. The molecule has 6 nitrogen and oxygen atoms in total. The fourth-order valence-corrected chi connectivity index (χ4v) is 3.00. The molecule has 1 N–H and O–H groups in total. The fourth-order valence-electron chi connectivity index (χ4n) is 2.50. The van der Waals surface area contributed by atoms with Crippen molar-refractivity contribution in [1.29, 1.82) is 0 Å². The van der Waals surface area contributed by atoms with Gasteiger partial charge in [0, 0.05) is 13.1 Å². The molecule has 0 radical (unpaired) electrons. The second-order valence-electron chi connectivity index (χ2n) is 6.43. The minimum atomic E-state index is -0.409. The van der Waals surface area contributed by atoms with E-state index in [-0.39, 0.29) is 12.5 Å². The first-order valence-corrected chi connectivity index (χ1v) is 10.1.